The van der Waals surface area contributed by atoms with Gasteiger partial charge >= 0.3 is 5.97 Å². The predicted molar refractivity (Wildman–Crippen MR) is 131 cm³/mol. The van der Waals surface area contributed by atoms with Gasteiger partial charge in [0.25, 0.3) is 5.91 Å². The highest BCUT2D eigenvalue weighted by Crippen LogP contribution is 2.37. The lowest BCUT2D eigenvalue weighted by Crippen LogP contribution is -2.27. The van der Waals surface area contributed by atoms with E-state index in [4.69, 9.17) is 9.52 Å². The molecule has 3 aromatic rings. The number of oxazole rings is 1. The smallest absolute Gasteiger partial charge is 0.303 e. The summed E-state index contributed by atoms with van der Waals surface area (Å²) in [6.45, 7) is -0.00986. The fourth-order valence-electron chi connectivity index (χ4n) is 4.58. The summed E-state index contributed by atoms with van der Waals surface area (Å²) < 4.78 is 45.4. The Labute approximate surface area is 216 Å². The number of carbonyl (C=O) groups excluding carboxylic acids is 2. The molecule has 2 amide bonds. The van der Waals surface area contributed by atoms with Crippen molar-refractivity contribution < 1.29 is 37.1 Å². The summed E-state index contributed by atoms with van der Waals surface area (Å²) >= 11 is 0. The van der Waals surface area contributed by atoms with Gasteiger partial charge in [-0.05, 0) is 61.3 Å². The van der Waals surface area contributed by atoms with Crippen LogP contribution < -0.4 is 10.6 Å². The molecule has 4 rings (SSSR count). The van der Waals surface area contributed by atoms with E-state index in [1.54, 1.807) is 0 Å². The average molecular weight is 530 g/mol. The van der Waals surface area contributed by atoms with Gasteiger partial charge in [-0.25, -0.2) is 18.2 Å². The van der Waals surface area contributed by atoms with Crippen LogP contribution in [-0.2, 0) is 9.59 Å². The van der Waals surface area contributed by atoms with Crippen molar-refractivity contribution in [2.45, 2.75) is 44.4 Å². The van der Waals surface area contributed by atoms with Gasteiger partial charge in [-0.15, -0.1) is 0 Å². The number of nitrogens with zero attached hydrogens (tertiary/aromatic N) is 1. The summed E-state index contributed by atoms with van der Waals surface area (Å²) in [5, 5.41) is 14.2. The molecule has 38 heavy (non-hydrogen) atoms. The van der Waals surface area contributed by atoms with Gasteiger partial charge in [-0.1, -0.05) is 12.1 Å². The Morgan fingerprint density at radius 2 is 1.66 bits per heavy atom. The highest BCUT2D eigenvalue weighted by Gasteiger charge is 2.24. The van der Waals surface area contributed by atoms with Crippen molar-refractivity contribution in [3.05, 3.63) is 71.4 Å². The third kappa shape index (κ3) is 6.78. The van der Waals surface area contributed by atoms with Gasteiger partial charge < -0.3 is 20.2 Å². The molecule has 1 aliphatic rings. The molecule has 0 atom stereocenters. The van der Waals surface area contributed by atoms with Crippen molar-refractivity contribution in [2.75, 3.05) is 11.9 Å². The Bertz CT molecular complexity index is 1320. The number of rotatable bonds is 9. The molecular weight excluding hydrogens is 503 g/mol. The quantitative estimate of drug-likeness (QED) is 0.325. The van der Waals surface area contributed by atoms with Crippen molar-refractivity contribution in [3.8, 4) is 11.5 Å². The molecule has 1 aliphatic carbocycles. The van der Waals surface area contributed by atoms with E-state index in [1.807, 2.05) is 24.3 Å². The number of nitrogens with one attached hydrogen (secondary N) is 2. The highest BCUT2D eigenvalue weighted by atomic mass is 19.2. The number of carboxylic acids is 1. The Hall–Kier alpha value is -4.15. The van der Waals surface area contributed by atoms with Crippen LogP contribution in [0.1, 0.15) is 60.5 Å². The first-order valence-electron chi connectivity index (χ1n) is 12.2. The largest absolute Gasteiger partial charge is 0.481 e. The average Bonchev–Trinajstić information content (AvgIpc) is 3.37. The highest BCUT2D eigenvalue weighted by molar-refractivity contribution is 5.94. The second-order valence-corrected chi connectivity index (χ2v) is 9.28. The fraction of sp³-hybridized carbons (Fsp3) is 0.333. The monoisotopic (exact) mass is 529 g/mol. The zero-order valence-electron chi connectivity index (χ0n) is 20.3. The molecule has 3 N–H and O–H groups in total. The molecule has 1 saturated carbocycles. The first kappa shape index (κ1) is 26.9. The maximum absolute atomic E-state index is 13.9. The van der Waals surface area contributed by atoms with Crippen LogP contribution in [0.4, 0.5) is 18.9 Å². The van der Waals surface area contributed by atoms with E-state index in [1.165, 1.54) is 0 Å². The van der Waals surface area contributed by atoms with E-state index >= 15 is 0 Å². The van der Waals surface area contributed by atoms with Crippen molar-refractivity contribution >= 4 is 23.5 Å². The van der Waals surface area contributed by atoms with Crippen LogP contribution in [0.25, 0.3) is 11.5 Å². The van der Waals surface area contributed by atoms with Gasteiger partial charge in [-0.3, -0.25) is 14.4 Å². The minimum Gasteiger partial charge on any atom is -0.481 e. The van der Waals surface area contributed by atoms with Crippen molar-refractivity contribution in [1.82, 2.24) is 10.3 Å². The standard InChI is InChI=1S/C27H26F3N3O5/c28-20-13-22(30)21(29)12-19(20)27-33-23(14-38-27)26(37)31-10-9-24(34)32-18-7-5-17(6-8-18)16-3-1-15(2-4-16)11-25(35)36/h5-8,12-16H,1-4,9-11H2,(H,31,37)(H,32,34)(H,35,36). The number of carbonyl (C=O) groups is 3. The van der Waals surface area contributed by atoms with Crippen LogP contribution in [0.15, 0.2) is 47.1 Å². The van der Waals surface area contributed by atoms with Crippen LogP contribution in [0.3, 0.4) is 0 Å². The normalized spacial score (nSPS) is 17.1. The number of carboxylic acid groups (broad SMARTS) is 1. The van der Waals surface area contributed by atoms with Gasteiger partial charge in [0, 0.05) is 31.1 Å². The number of benzene rings is 2. The number of aliphatic carboxylic acids is 1. The van der Waals surface area contributed by atoms with Crippen LogP contribution in [-0.4, -0.2) is 34.4 Å². The number of anilines is 1. The van der Waals surface area contributed by atoms with Crippen molar-refractivity contribution in [3.63, 3.8) is 0 Å². The van der Waals surface area contributed by atoms with E-state index in [-0.39, 0.29) is 42.8 Å². The second-order valence-electron chi connectivity index (χ2n) is 9.28. The summed E-state index contributed by atoms with van der Waals surface area (Å²) in [5.41, 5.74) is 1.12. The van der Waals surface area contributed by atoms with Gasteiger partial charge in [0.1, 0.15) is 12.1 Å². The molecule has 2 aromatic carbocycles. The number of hydrogen-bond donors (Lipinski definition) is 3. The summed E-state index contributed by atoms with van der Waals surface area (Å²) in [5.74, 6) is -5.28. The molecule has 1 fully saturated rings. The molecule has 1 heterocycles. The SMILES string of the molecule is O=C(O)CC1CCC(c2ccc(NC(=O)CCNC(=O)c3coc(-c4cc(F)c(F)cc4F)n3)cc2)CC1. The summed E-state index contributed by atoms with van der Waals surface area (Å²) in [6, 6.07) is 8.47. The van der Waals surface area contributed by atoms with E-state index in [2.05, 4.69) is 15.6 Å². The van der Waals surface area contributed by atoms with Crippen LogP contribution in [0.5, 0.6) is 0 Å². The maximum atomic E-state index is 13.9. The molecule has 0 radical (unpaired) electrons. The number of amides is 2. The maximum Gasteiger partial charge on any atom is 0.303 e. The first-order chi connectivity index (χ1) is 18.2. The van der Waals surface area contributed by atoms with Crippen LogP contribution in [0, 0.1) is 23.4 Å². The molecule has 200 valence electrons. The minimum absolute atomic E-state index is 0.00986. The summed E-state index contributed by atoms with van der Waals surface area (Å²) in [6.07, 6.45) is 4.79. The minimum atomic E-state index is -1.36. The fourth-order valence-corrected chi connectivity index (χ4v) is 4.58. The molecule has 0 saturated heterocycles. The Morgan fingerprint density at radius 3 is 2.34 bits per heavy atom. The molecule has 0 bridgehead atoms. The Morgan fingerprint density at radius 1 is 0.974 bits per heavy atom. The number of halogens is 3. The molecule has 0 aliphatic heterocycles. The molecule has 11 heteroatoms. The van der Waals surface area contributed by atoms with Gasteiger partial charge in [0.2, 0.25) is 11.8 Å². The summed E-state index contributed by atoms with van der Waals surface area (Å²) in [4.78, 5) is 39.2. The second kappa shape index (κ2) is 11.9. The Balaban J connectivity index is 1.22. The van der Waals surface area contributed by atoms with E-state index in [0.717, 1.165) is 37.5 Å². The third-order valence-electron chi connectivity index (χ3n) is 6.59. The molecule has 0 unspecified atom stereocenters. The van der Waals surface area contributed by atoms with Gasteiger partial charge in [0.05, 0.1) is 5.56 Å². The topological polar surface area (TPSA) is 122 Å². The molecule has 1 aromatic heterocycles. The van der Waals surface area contributed by atoms with E-state index in [9.17, 15) is 27.6 Å². The van der Waals surface area contributed by atoms with Gasteiger partial charge in [-0.2, -0.15) is 0 Å². The van der Waals surface area contributed by atoms with Crippen molar-refractivity contribution in [2.24, 2.45) is 5.92 Å². The molecule has 0 spiro atoms. The van der Waals surface area contributed by atoms with Crippen LogP contribution >= 0.6 is 0 Å². The van der Waals surface area contributed by atoms with Crippen molar-refractivity contribution in [1.29, 1.82) is 0 Å². The molecule has 8 nitrogen and oxygen atoms in total. The van der Waals surface area contributed by atoms with Gasteiger partial charge in [0.15, 0.2) is 17.3 Å². The number of hydrogen-bond acceptors (Lipinski definition) is 5. The summed E-state index contributed by atoms with van der Waals surface area (Å²) in [7, 11) is 0. The third-order valence-corrected chi connectivity index (χ3v) is 6.59. The predicted octanol–water partition coefficient (Wildman–Crippen LogP) is 5.27. The lowest BCUT2D eigenvalue weighted by atomic mass is 9.77. The number of aromatic nitrogens is 1. The first-order valence-corrected chi connectivity index (χ1v) is 12.2. The zero-order chi connectivity index (χ0) is 27.2. The molecular formula is C27H26F3N3O5. The van der Waals surface area contributed by atoms with E-state index in [0.29, 0.717) is 23.7 Å². The zero-order valence-corrected chi connectivity index (χ0v) is 20.3. The van der Waals surface area contributed by atoms with Crippen LogP contribution in [0.2, 0.25) is 0 Å². The lowest BCUT2D eigenvalue weighted by Gasteiger charge is -2.28. The Kier molecular flexibility index (Phi) is 8.45. The lowest BCUT2D eigenvalue weighted by molar-refractivity contribution is -0.138. The van der Waals surface area contributed by atoms with E-state index < -0.39 is 34.9 Å².